The fourth-order valence-electron chi connectivity index (χ4n) is 10.2. The molecule has 0 spiro atoms. The smallest absolute Gasteiger partial charge is 0.278 e. The number of hydrogen-bond acceptors (Lipinski definition) is 17. The van der Waals surface area contributed by atoms with Crippen molar-refractivity contribution in [2.45, 2.75) is 110 Å². The molecule has 78 heavy (non-hydrogen) atoms. The minimum atomic E-state index is -1.18. The summed E-state index contributed by atoms with van der Waals surface area (Å²) < 4.78 is 10.6. The number of carbonyl (C=O) groups is 2. The van der Waals surface area contributed by atoms with Gasteiger partial charge in [-0.05, 0) is 101 Å². The number of aryl methyl sites for hydroxylation is 1. The summed E-state index contributed by atoms with van der Waals surface area (Å²) >= 11 is 1.49. The van der Waals surface area contributed by atoms with Crippen molar-refractivity contribution in [3.05, 3.63) is 119 Å². The molecular weight excluding hydrogens is 1010 g/mol. The number of benzene rings is 2. The quantitative estimate of drug-likeness (QED) is 0.0352. The number of anilines is 3. The summed E-state index contributed by atoms with van der Waals surface area (Å²) in [5, 5.41) is 47.4. The lowest BCUT2D eigenvalue weighted by Crippen LogP contribution is -2.49. The van der Waals surface area contributed by atoms with Crippen molar-refractivity contribution in [2.24, 2.45) is 5.92 Å². The molecule has 0 unspecified atom stereocenters. The molecule has 7 aromatic rings. The molecule has 21 nitrogen and oxygen atoms in total. The molecule has 2 aliphatic rings. The van der Waals surface area contributed by atoms with Crippen LogP contribution in [0, 0.1) is 12.8 Å². The Kier molecular flexibility index (Phi) is 17.0. The van der Waals surface area contributed by atoms with Gasteiger partial charge in [-0.2, -0.15) is 4.98 Å². The average Bonchev–Trinajstić information content (AvgIpc) is 4.37. The lowest BCUT2D eigenvalue weighted by atomic mass is 10.0. The second-order valence-corrected chi connectivity index (χ2v) is 21.9. The fourth-order valence-corrected chi connectivity index (χ4v) is 11.0. The third-order valence-electron chi connectivity index (χ3n) is 14.4. The Bertz CT molecular complexity index is 3280. The van der Waals surface area contributed by atoms with Gasteiger partial charge in [-0.3, -0.25) is 19.3 Å². The molecule has 0 aliphatic carbocycles. The number of rotatable bonds is 22. The lowest BCUT2D eigenvalue weighted by molar-refractivity contribution is -0.142. The van der Waals surface area contributed by atoms with Crippen LogP contribution in [0.25, 0.3) is 27.3 Å². The number of aliphatic hydroxyl groups excluding tert-OH is 1. The van der Waals surface area contributed by atoms with Crippen LogP contribution in [-0.4, -0.2) is 139 Å². The highest BCUT2D eigenvalue weighted by Gasteiger charge is 2.43. The Morgan fingerprint density at radius 3 is 2.46 bits per heavy atom. The zero-order valence-corrected chi connectivity index (χ0v) is 45.9. The van der Waals surface area contributed by atoms with Gasteiger partial charge in [0.2, 0.25) is 17.8 Å². The number of phenols is 1. The summed E-state index contributed by atoms with van der Waals surface area (Å²) in [6.45, 7) is 20.1. The average molecular weight is 1080 g/mol. The van der Waals surface area contributed by atoms with Gasteiger partial charge in [0.25, 0.3) is 11.4 Å². The van der Waals surface area contributed by atoms with E-state index >= 15 is 0 Å². The van der Waals surface area contributed by atoms with Crippen molar-refractivity contribution in [3.8, 4) is 27.9 Å². The number of pyridine rings is 1. The number of nitrogens with one attached hydrogen (secondary N) is 2. The Labute approximate surface area is 457 Å². The van der Waals surface area contributed by atoms with E-state index in [1.54, 1.807) is 73.6 Å². The molecule has 2 amide bonds. The number of aromatic nitrogens is 9. The van der Waals surface area contributed by atoms with Crippen molar-refractivity contribution in [3.63, 3.8) is 0 Å². The first-order valence-corrected chi connectivity index (χ1v) is 27.6. The van der Waals surface area contributed by atoms with Gasteiger partial charge in [0, 0.05) is 62.3 Å². The number of hydrogen-bond donors (Lipinski definition) is 5. The maximum atomic E-state index is 14.2. The number of ether oxygens (including phenoxy) is 1. The highest BCUT2D eigenvalue weighted by Crippen LogP contribution is 2.35. The van der Waals surface area contributed by atoms with Gasteiger partial charge < -0.3 is 40.5 Å². The van der Waals surface area contributed by atoms with Gasteiger partial charge in [-0.15, -0.1) is 17.9 Å². The maximum absolute atomic E-state index is 14.2. The molecule has 412 valence electrons. The van der Waals surface area contributed by atoms with Crippen LogP contribution in [0.5, 0.6) is 11.6 Å². The van der Waals surface area contributed by atoms with E-state index in [2.05, 4.69) is 64.4 Å². The van der Waals surface area contributed by atoms with E-state index in [0.717, 1.165) is 85.9 Å². The first kappa shape index (κ1) is 55.2. The molecule has 5 aromatic heterocycles. The van der Waals surface area contributed by atoms with Crippen LogP contribution in [0.15, 0.2) is 96.0 Å². The van der Waals surface area contributed by atoms with Gasteiger partial charge in [0.15, 0.2) is 11.5 Å². The van der Waals surface area contributed by atoms with Crippen molar-refractivity contribution >= 4 is 51.5 Å². The predicted octanol–water partition coefficient (Wildman–Crippen LogP) is 6.66. The van der Waals surface area contributed by atoms with Crippen molar-refractivity contribution in [2.75, 3.05) is 56.1 Å². The number of carbonyl (C=O) groups excluding carboxylic acids is 2. The number of fused-ring (bicyclic) bond motifs is 1. The van der Waals surface area contributed by atoms with E-state index < -0.39 is 35.7 Å². The molecule has 5 N–H and O–H groups in total. The summed E-state index contributed by atoms with van der Waals surface area (Å²) in [4.78, 5) is 66.9. The number of likely N-dealkylation sites (tertiary alicyclic amines) is 1. The first-order valence-electron chi connectivity index (χ1n) is 26.7. The normalized spacial score (nSPS) is 16.9. The van der Waals surface area contributed by atoms with Gasteiger partial charge in [-0.25, -0.2) is 29.0 Å². The molecule has 9 rings (SSSR count). The van der Waals surface area contributed by atoms with Crippen LogP contribution < -0.4 is 25.8 Å². The minimum absolute atomic E-state index is 0.00569. The van der Waals surface area contributed by atoms with Gasteiger partial charge in [0.05, 0.1) is 53.3 Å². The van der Waals surface area contributed by atoms with Crippen LogP contribution in [0.2, 0.25) is 0 Å². The zero-order valence-electron chi connectivity index (χ0n) is 45.1. The van der Waals surface area contributed by atoms with E-state index in [9.17, 15) is 29.7 Å². The van der Waals surface area contributed by atoms with Crippen molar-refractivity contribution in [1.29, 1.82) is 0 Å². The standard InChI is InChI=1S/C56H70N14O7S/c1-8-22-69-53(74)43-31-57-55(62-51(43)70(69)47-15-13-14-46(61-47)56(6,7)76)60-39-17-19-40(20-18-39)66-26-24-65(25-27-66)23-11-9-10-12-28-77-48-33-68(64-63-48)49(35(2)3)54(75)67-32-41(71)30-44(67)52(73)59-36(4)42-21-16-38(29-45(42)72)50-37(5)58-34-78-50/h8,13-21,29,31,33-36,41,44,49,71-72,76H,1,9-12,22-28,30,32H2,2-7H3,(H,59,73)(H,57,60,62)/t36-,41+,44-,49-/m0/s1. The summed E-state index contributed by atoms with van der Waals surface area (Å²) in [7, 11) is 0. The third kappa shape index (κ3) is 12.4. The van der Waals surface area contributed by atoms with Gasteiger partial charge >= 0.3 is 0 Å². The van der Waals surface area contributed by atoms with E-state index in [1.807, 2.05) is 39.0 Å². The topological polar surface area (TPSA) is 247 Å². The van der Waals surface area contributed by atoms with E-state index in [-0.39, 0.29) is 42.6 Å². The highest BCUT2D eigenvalue weighted by molar-refractivity contribution is 7.13. The Morgan fingerprint density at radius 1 is 0.987 bits per heavy atom. The minimum Gasteiger partial charge on any atom is -0.508 e. The number of phenolic OH excluding ortho intramolecular Hbond substituents is 1. The van der Waals surface area contributed by atoms with Crippen LogP contribution in [0.4, 0.5) is 17.3 Å². The number of nitrogens with zero attached hydrogens (tertiary/aromatic N) is 12. The molecular formula is C56H70N14O7S. The molecule has 2 saturated heterocycles. The van der Waals surface area contributed by atoms with Gasteiger partial charge in [-0.1, -0.05) is 61.3 Å². The maximum Gasteiger partial charge on any atom is 0.278 e. The number of aliphatic hydroxyl groups is 2. The SMILES string of the molecule is C=CCn1c(=O)c2cnc(Nc3ccc(N4CCN(CCCCCCOc5cn([C@H](C(=O)N6C[C@H](O)C[C@H]6C(=O)N[C@@H](C)c6ccc(-c7scnc7C)cc6O)C(C)C)nn5)CC4)cc3)nc2n1-c1cccc(C(C)(C)O)n1. The van der Waals surface area contributed by atoms with E-state index in [0.29, 0.717) is 46.5 Å². The third-order valence-corrected chi connectivity index (χ3v) is 15.4. The number of allylic oxidation sites excluding steroid dienone is 1. The molecule has 7 heterocycles. The summed E-state index contributed by atoms with van der Waals surface area (Å²) in [5.74, 6) is 0.146. The molecule has 22 heteroatoms. The predicted molar refractivity (Wildman–Crippen MR) is 299 cm³/mol. The Morgan fingerprint density at radius 2 is 1.76 bits per heavy atom. The number of unbranched alkanes of at least 4 members (excludes halogenated alkanes) is 3. The molecule has 2 aliphatic heterocycles. The molecule has 0 radical (unpaired) electrons. The van der Waals surface area contributed by atoms with Crippen LogP contribution in [0.3, 0.4) is 0 Å². The molecule has 2 aromatic carbocycles. The first-order chi connectivity index (χ1) is 37.5. The molecule has 2 fully saturated rings. The van der Waals surface area contributed by atoms with E-state index in [1.165, 1.54) is 31.8 Å². The number of aromatic hydroxyl groups is 1. The van der Waals surface area contributed by atoms with E-state index in [4.69, 9.17) is 9.72 Å². The Hall–Kier alpha value is -7.53. The fraction of sp³-hybridized carbons (Fsp3) is 0.446. The summed E-state index contributed by atoms with van der Waals surface area (Å²) in [6, 6.07) is 16.5. The lowest BCUT2D eigenvalue weighted by Gasteiger charge is -2.36. The largest absolute Gasteiger partial charge is 0.508 e. The second kappa shape index (κ2) is 24.0. The van der Waals surface area contributed by atoms with Crippen LogP contribution in [-0.2, 0) is 21.7 Å². The summed E-state index contributed by atoms with van der Waals surface area (Å²) in [5.41, 5.74) is 5.31. The van der Waals surface area contributed by atoms with Crippen LogP contribution >= 0.6 is 11.3 Å². The number of piperazine rings is 1. The number of amides is 2. The molecule has 4 atom stereocenters. The van der Waals surface area contributed by atoms with Crippen molar-refractivity contribution in [1.82, 2.24) is 59.4 Å². The monoisotopic (exact) mass is 1080 g/mol. The number of thiazole rings is 1. The second-order valence-electron chi connectivity index (χ2n) is 21.0. The van der Waals surface area contributed by atoms with Gasteiger partial charge in [0.1, 0.15) is 28.8 Å². The zero-order chi connectivity index (χ0) is 55.3. The molecule has 0 saturated carbocycles. The van der Waals surface area contributed by atoms with Crippen molar-refractivity contribution < 1.29 is 29.6 Å². The Balaban J connectivity index is 0.698. The number of β-amino-alcohol motifs (C(OH)–C–C–N with tert-alkyl or cyclic N) is 1. The summed E-state index contributed by atoms with van der Waals surface area (Å²) in [6.07, 6.45) is 7.96. The van der Waals surface area contributed by atoms with Crippen LogP contribution in [0.1, 0.15) is 95.8 Å². The molecule has 0 bridgehead atoms. The highest BCUT2D eigenvalue weighted by atomic mass is 32.1.